The molecule has 0 spiro atoms. The second-order valence-corrected chi connectivity index (χ2v) is 8.24. The zero-order valence-corrected chi connectivity index (χ0v) is 15.1. The first-order valence-corrected chi connectivity index (χ1v) is 9.42. The second-order valence-electron chi connectivity index (χ2n) is 6.34. The molecular weight excluding hydrogens is 360 g/mol. The lowest BCUT2D eigenvalue weighted by atomic mass is 9.93. The number of nitro groups is 1. The van der Waals surface area contributed by atoms with E-state index >= 15 is 0 Å². The molecule has 0 aromatic heterocycles. The first kappa shape index (κ1) is 19.8. The summed E-state index contributed by atoms with van der Waals surface area (Å²) in [4.78, 5) is 19.4. The first-order valence-electron chi connectivity index (χ1n) is 7.93. The summed E-state index contributed by atoms with van der Waals surface area (Å²) in [6.07, 6.45) is 4.85. The third-order valence-corrected chi connectivity index (χ3v) is 6.05. The number of nitrogens with zero attached hydrogens (tertiary/aromatic N) is 1. The maximum atomic E-state index is 12.7. The molecule has 1 aliphatic rings. The second kappa shape index (κ2) is 7.38. The molecule has 0 heterocycles. The van der Waals surface area contributed by atoms with Gasteiger partial charge in [0.2, 0.25) is 0 Å². The zero-order chi connectivity index (χ0) is 19.5. The Hall–Kier alpha value is -2.52. The average molecular weight is 380 g/mol. The molecule has 8 nitrogen and oxygen atoms in total. The minimum atomic E-state index is -4.64. The first-order chi connectivity index (χ1) is 12.1. The SMILES string of the molecule is CC(C)[C@@H](NS(=O)(=O)C1([N+](=O)[O-])C=CC(c2ccccc2)C=C1)C(=O)O. The zero-order valence-electron chi connectivity index (χ0n) is 14.3. The molecule has 1 atom stereocenters. The minimum absolute atomic E-state index is 0.306. The maximum absolute atomic E-state index is 12.7. The van der Waals surface area contributed by atoms with Gasteiger partial charge in [0.15, 0.2) is 0 Å². The summed E-state index contributed by atoms with van der Waals surface area (Å²) in [5, 5.41) is 20.8. The number of carboxylic acid groups (broad SMARTS) is 1. The highest BCUT2D eigenvalue weighted by Crippen LogP contribution is 2.32. The molecular formula is C17H20N2O6S. The smallest absolute Gasteiger partial charge is 0.368 e. The Morgan fingerprint density at radius 3 is 2.19 bits per heavy atom. The van der Waals surface area contributed by atoms with Gasteiger partial charge in [0.05, 0.1) is 4.92 Å². The van der Waals surface area contributed by atoms with Gasteiger partial charge in [-0.2, -0.15) is 4.72 Å². The van der Waals surface area contributed by atoms with Crippen LogP contribution in [0.5, 0.6) is 0 Å². The number of aliphatic carboxylic acids is 1. The summed E-state index contributed by atoms with van der Waals surface area (Å²) in [6.45, 7) is 3.02. The quantitative estimate of drug-likeness (QED) is 0.422. The summed E-state index contributed by atoms with van der Waals surface area (Å²) in [5.41, 5.74) is 0.855. The van der Waals surface area contributed by atoms with Crippen molar-refractivity contribution in [2.75, 3.05) is 0 Å². The monoisotopic (exact) mass is 380 g/mol. The fraction of sp³-hybridized carbons (Fsp3) is 0.353. The van der Waals surface area contributed by atoms with Crippen LogP contribution in [-0.2, 0) is 14.8 Å². The van der Waals surface area contributed by atoms with Gasteiger partial charge in [0.1, 0.15) is 6.04 Å². The van der Waals surface area contributed by atoms with Crippen LogP contribution in [0.15, 0.2) is 54.6 Å². The number of hydrogen-bond donors (Lipinski definition) is 2. The van der Waals surface area contributed by atoms with Gasteiger partial charge in [0.25, 0.3) is 10.0 Å². The van der Waals surface area contributed by atoms with Gasteiger partial charge in [-0.15, -0.1) is 0 Å². The van der Waals surface area contributed by atoms with Gasteiger partial charge in [-0.1, -0.05) is 56.3 Å². The van der Waals surface area contributed by atoms with E-state index in [0.717, 1.165) is 17.7 Å². The lowest BCUT2D eigenvalue weighted by Gasteiger charge is -2.26. The van der Waals surface area contributed by atoms with Gasteiger partial charge in [-0.05, 0) is 11.5 Å². The predicted molar refractivity (Wildman–Crippen MR) is 95.5 cm³/mol. The van der Waals surface area contributed by atoms with Gasteiger partial charge in [-0.3, -0.25) is 14.9 Å². The van der Waals surface area contributed by atoms with Gasteiger partial charge in [-0.25, -0.2) is 8.42 Å². The van der Waals surface area contributed by atoms with Gasteiger partial charge >= 0.3 is 10.8 Å². The predicted octanol–water partition coefficient (Wildman–Crippen LogP) is 1.90. The van der Waals surface area contributed by atoms with Crippen LogP contribution < -0.4 is 4.72 Å². The molecule has 1 aromatic rings. The fourth-order valence-corrected chi connectivity index (χ4v) is 4.24. The van der Waals surface area contributed by atoms with Crippen LogP contribution in [0.3, 0.4) is 0 Å². The molecule has 0 saturated heterocycles. The molecule has 140 valence electrons. The molecule has 1 aromatic carbocycles. The molecule has 0 unspecified atom stereocenters. The number of allylic oxidation sites excluding steroid dienone is 2. The molecule has 0 bridgehead atoms. The molecule has 0 radical (unpaired) electrons. The number of carboxylic acids is 1. The van der Waals surface area contributed by atoms with E-state index in [0.29, 0.717) is 0 Å². The summed E-state index contributed by atoms with van der Waals surface area (Å²) in [5.74, 6) is -2.28. The molecule has 9 heteroatoms. The van der Waals surface area contributed by atoms with Crippen molar-refractivity contribution in [3.63, 3.8) is 0 Å². The van der Waals surface area contributed by atoms with E-state index in [1.807, 2.05) is 35.1 Å². The molecule has 2 N–H and O–H groups in total. The van der Waals surface area contributed by atoms with Gasteiger partial charge in [0, 0.05) is 18.1 Å². The topological polar surface area (TPSA) is 127 Å². The van der Waals surface area contributed by atoms with Crippen molar-refractivity contribution in [3.05, 3.63) is 70.3 Å². The fourth-order valence-electron chi connectivity index (χ4n) is 2.63. The van der Waals surface area contributed by atoms with E-state index in [-0.39, 0.29) is 5.92 Å². The largest absolute Gasteiger partial charge is 0.480 e. The molecule has 0 saturated carbocycles. The Kier molecular flexibility index (Phi) is 5.62. The summed E-state index contributed by atoms with van der Waals surface area (Å²) in [6, 6.07) is 7.63. The lowest BCUT2D eigenvalue weighted by Crippen LogP contribution is -2.55. The number of benzene rings is 1. The Bertz CT molecular complexity index is 831. The van der Waals surface area contributed by atoms with Crippen molar-refractivity contribution in [3.8, 4) is 0 Å². The maximum Gasteiger partial charge on any atom is 0.368 e. The van der Waals surface area contributed by atoms with E-state index in [2.05, 4.69) is 0 Å². The van der Waals surface area contributed by atoms with Crippen LogP contribution in [0.25, 0.3) is 0 Å². The molecule has 1 aliphatic carbocycles. The number of carbonyl (C=O) groups is 1. The van der Waals surface area contributed by atoms with E-state index in [1.54, 1.807) is 0 Å². The number of sulfonamides is 1. The highest BCUT2D eigenvalue weighted by Gasteiger charge is 2.54. The Morgan fingerprint density at radius 1 is 1.23 bits per heavy atom. The van der Waals surface area contributed by atoms with Crippen molar-refractivity contribution >= 4 is 16.0 Å². The third kappa shape index (κ3) is 3.68. The summed E-state index contributed by atoms with van der Waals surface area (Å²) >= 11 is 0. The van der Waals surface area contributed by atoms with Crippen molar-refractivity contribution in [2.45, 2.75) is 30.7 Å². The van der Waals surface area contributed by atoms with E-state index in [9.17, 15) is 28.4 Å². The Morgan fingerprint density at radius 2 is 1.77 bits per heavy atom. The average Bonchev–Trinajstić information content (AvgIpc) is 2.59. The Labute approximate surface area is 151 Å². The van der Waals surface area contributed by atoms with Crippen LogP contribution in [0.1, 0.15) is 25.3 Å². The van der Waals surface area contributed by atoms with E-state index < -0.39 is 37.7 Å². The minimum Gasteiger partial charge on any atom is -0.480 e. The summed E-state index contributed by atoms with van der Waals surface area (Å²) in [7, 11) is -4.64. The standard InChI is InChI=1S/C17H20N2O6S/c1-12(2)15(16(20)21)18-26(24,25)17(19(22)23)10-8-14(9-11-17)13-6-4-3-5-7-13/h3-12,14-15,18H,1-2H3,(H,20,21)/t14?,15-,17?/m1/s1. The molecule has 0 amide bonds. The van der Waals surface area contributed by atoms with E-state index in [1.165, 1.54) is 26.0 Å². The normalized spacial score (nSPS) is 23.7. The van der Waals surface area contributed by atoms with E-state index in [4.69, 9.17) is 0 Å². The number of nitrogens with one attached hydrogen (secondary N) is 1. The number of hydrogen-bond acceptors (Lipinski definition) is 5. The van der Waals surface area contributed by atoms with Crippen LogP contribution in [0.2, 0.25) is 0 Å². The van der Waals surface area contributed by atoms with Crippen LogP contribution in [0.4, 0.5) is 0 Å². The third-order valence-electron chi connectivity index (χ3n) is 4.20. The van der Waals surface area contributed by atoms with Gasteiger partial charge < -0.3 is 5.11 Å². The van der Waals surface area contributed by atoms with Crippen molar-refractivity contribution in [1.29, 1.82) is 0 Å². The van der Waals surface area contributed by atoms with Crippen LogP contribution in [0, 0.1) is 16.0 Å². The Balaban J connectivity index is 2.39. The van der Waals surface area contributed by atoms with Crippen LogP contribution in [-0.4, -0.2) is 35.3 Å². The number of rotatable bonds is 7. The highest BCUT2D eigenvalue weighted by molar-refractivity contribution is 7.91. The van der Waals surface area contributed by atoms with Crippen molar-refractivity contribution in [2.24, 2.45) is 5.92 Å². The molecule has 26 heavy (non-hydrogen) atoms. The van der Waals surface area contributed by atoms with Crippen LogP contribution >= 0.6 is 0 Å². The summed E-state index contributed by atoms with van der Waals surface area (Å²) < 4.78 is 27.4. The van der Waals surface area contributed by atoms with Crippen molar-refractivity contribution in [1.82, 2.24) is 4.72 Å². The molecule has 0 fully saturated rings. The van der Waals surface area contributed by atoms with Crippen molar-refractivity contribution < 1.29 is 23.2 Å². The lowest BCUT2D eigenvalue weighted by molar-refractivity contribution is -0.513. The molecule has 0 aliphatic heterocycles. The highest BCUT2D eigenvalue weighted by atomic mass is 32.2. The molecule has 2 rings (SSSR count).